The number of hydrogen-bond donors (Lipinski definition) is 2. The third-order valence-electron chi connectivity index (χ3n) is 3.10. The van der Waals surface area contributed by atoms with Gasteiger partial charge < -0.3 is 0 Å². The second-order valence-corrected chi connectivity index (χ2v) is 6.43. The second-order valence-electron chi connectivity index (χ2n) is 4.78. The number of sulfonamides is 1. The Morgan fingerprint density at radius 3 is 2.43 bits per heavy atom. The molecule has 0 saturated carbocycles. The smallest absolute Gasteiger partial charge is 0.244 e. The topological polar surface area (TPSA) is 74.8 Å². The predicted molar refractivity (Wildman–Crippen MR) is 73.2 cm³/mol. The van der Waals surface area contributed by atoms with Crippen LogP contribution in [-0.4, -0.2) is 18.6 Å². The number of rotatable bonds is 4. The maximum absolute atomic E-state index is 13.2. The average molecular weight is 315 g/mol. The summed E-state index contributed by atoms with van der Waals surface area (Å²) in [7, 11) is -3.81. The minimum Gasteiger partial charge on any atom is -0.281 e. The number of nitrogens with zero attached hydrogens (tertiary/aromatic N) is 1. The Labute approximate surface area is 121 Å². The maximum Gasteiger partial charge on any atom is 0.244 e. The zero-order valence-corrected chi connectivity index (χ0v) is 12.6. The first-order valence-electron chi connectivity index (χ1n) is 6.21. The van der Waals surface area contributed by atoms with Crippen LogP contribution in [0.25, 0.3) is 0 Å². The lowest BCUT2D eigenvalue weighted by Crippen LogP contribution is -2.27. The predicted octanol–water partition coefficient (Wildman–Crippen LogP) is 2.34. The van der Waals surface area contributed by atoms with Gasteiger partial charge in [-0.1, -0.05) is 6.07 Å². The van der Waals surface area contributed by atoms with Gasteiger partial charge in [-0.15, -0.1) is 0 Å². The fourth-order valence-electron chi connectivity index (χ4n) is 2.08. The molecule has 1 heterocycles. The van der Waals surface area contributed by atoms with Gasteiger partial charge in [-0.3, -0.25) is 5.10 Å². The zero-order chi connectivity index (χ0) is 15.8. The molecule has 0 aliphatic heterocycles. The lowest BCUT2D eigenvalue weighted by atomic mass is 10.1. The van der Waals surface area contributed by atoms with E-state index in [0.29, 0.717) is 17.0 Å². The van der Waals surface area contributed by atoms with Crippen molar-refractivity contribution in [3.8, 4) is 0 Å². The van der Waals surface area contributed by atoms with Crippen molar-refractivity contribution in [2.24, 2.45) is 0 Å². The monoisotopic (exact) mass is 315 g/mol. The number of nitrogens with one attached hydrogen (secondary N) is 2. The molecular formula is C13H15F2N3O2S. The molecule has 0 spiro atoms. The molecule has 0 fully saturated rings. The lowest BCUT2D eigenvalue weighted by Gasteiger charge is -2.15. The highest BCUT2D eigenvalue weighted by atomic mass is 32.2. The molecular weight excluding hydrogens is 300 g/mol. The van der Waals surface area contributed by atoms with Crippen molar-refractivity contribution in [2.45, 2.75) is 31.7 Å². The van der Waals surface area contributed by atoms with Crippen LogP contribution in [0.5, 0.6) is 0 Å². The van der Waals surface area contributed by atoms with Crippen molar-refractivity contribution in [3.05, 3.63) is 46.8 Å². The number of benzene rings is 1. The van der Waals surface area contributed by atoms with Crippen molar-refractivity contribution < 1.29 is 17.2 Å². The summed E-state index contributed by atoms with van der Waals surface area (Å²) < 4.78 is 53.2. The summed E-state index contributed by atoms with van der Waals surface area (Å²) in [6, 6.07) is 2.56. The second kappa shape index (κ2) is 5.53. The van der Waals surface area contributed by atoms with Gasteiger partial charge in [0, 0.05) is 6.04 Å². The van der Waals surface area contributed by atoms with Gasteiger partial charge in [-0.25, -0.2) is 21.9 Å². The summed E-state index contributed by atoms with van der Waals surface area (Å²) in [5.74, 6) is -2.00. The zero-order valence-electron chi connectivity index (χ0n) is 11.7. The molecule has 0 saturated heterocycles. The van der Waals surface area contributed by atoms with Gasteiger partial charge in [0.2, 0.25) is 10.0 Å². The molecule has 21 heavy (non-hydrogen) atoms. The highest BCUT2D eigenvalue weighted by molar-refractivity contribution is 7.89. The van der Waals surface area contributed by atoms with Gasteiger partial charge in [0.15, 0.2) is 11.6 Å². The lowest BCUT2D eigenvalue weighted by molar-refractivity contribution is 0.504. The van der Waals surface area contributed by atoms with Crippen molar-refractivity contribution in [2.75, 3.05) is 0 Å². The first-order chi connectivity index (χ1) is 9.72. The molecule has 2 aromatic rings. The standard InChI is InChI=1S/C13H15F2N3O2S/c1-7(10-4-5-11(14)12(15)6-10)18-21(19,20)13-8(2)16-17-9(13)3/h4-7,18H,1-3H3,(H,16,17). The molecule has 1 aromatic carbocycles. The Hall–Kier alpha value is -1.80. The molecule has 0 radical (unpaired) electrons. The average Bonchev–Trinajstić information content (AvgIpc) is 2.72. The summed E-state index contributed by atoms with van der Waals surface area (Å²) in [6.45, 7) is 4.71. The van der Waals surface area contributed by atoms with Crippen LogP contribution in [0.3, 0.4) is 0 Å². The van der Waals surface area contributed by atoms with Crippen molar-refractivity contribution in [1.29, 1.82) is 0 Å². The molecule has 1 unspecified atom stereocenters. The minimum atomic E-state index is -3.81. The highest BCUT2D eigenvalue weighted by Crippen LogP contribution is 2.21. The van der Waals surface area contributed by atoms with Crippen LogP contribution in [0.4, 0.5) is 8.78 Å². The van der Waals surface area contributed by atoms with E-state index < -0.39 is 27.7 Å². The number of aromatic nitrogens is 2. The van der Waals surface area contributed by atoms with Crippen molar-refractivity contribution in [1.82, 2.24) is 14.9 Å². The summed E-state index contributed by atoms with van der Waals surface area (Å²) >= 11 is 0. The quantitative estimate of drug-likeness (QED) is 0.909. The molecule has 0 aliphatic rings. The van der Waals surface area contributed by atoms with Gasteiger partial charge >= 0.3 is 0 Å². The Bertz CT molecular complexity index is 752. The van der Waals surface area contributed by atoms with E-state index in [1.807, 2.05) is 0 Å². The molecule has 0 bridgehead atoms. The first-order valence-corrected chi connectivity index (χ1v) is 7.69. The van der Waals surface area contributed by atoms with Crippen LogP contribution in [-0.2, 0) is 10.0 Å². The Morgan fingerprint density at radius 2 is 1.90 bits per heavy atom. The van der Waals surface area contributed by atoms with Crippen LogP contribution in [0.15, 0.2) is 23.1 Å². The Morgan fingerprint density at radius 1 is 1.24 bits per heavy atom. The van der Waals surface area contributed by atoms with E-state index in [4.69, 9.17) is 0 Å². The minimum absolute atomic E-state index is 0.0666. The van der Waals surface area contributed by atoms with E-state index >= 15 is 0 Å². The summed E-state index contributed by atoms with van der Waals surface area (Å²) in [5, 5.41) is 6.43. The molecule has 2 rings (SSSR count). The van der Waals surface area contributed by atoms with Crippen molar-refractivity contribution >= 4 is 10.0 Å². The molecule has 1 atom stereocenters. The number of halogens is 2. The molecule has 5 nitrogen and oxygen atoms in total. The SMILES string of the molecule is Cc1n[nH]c(C)c1S(=O)(=O)NC(C)c1ccc(F)c(F)c1. The van der Waals surface area contributed by atoms with Crippen LogP contribution < -0.4 is 4.72 Å². The van der Waals surface area contributed by atoms with Gasteiger partial charge in [0.05, 0.1) is 11.4 Å². The number of aryl methyl sites for hydroxylation is 2. The van der Waals surface area contributed by atoms with Gasteiger partial charge in [-0.05, 0) is 38.5 Å². The maximum atomic E-state index is 13.2. The molecule has 2 N–H and O–H groups in total. The van der Waals surface area contributed by atoms with E-state index in [0.717, 1.165) is 12.1 Å². The largest absolute Gasteiger partial charge is 0.281 e. The number of H-pyrrole nitrogens is 1. The van der Waals surface area contributed by atoms with Gasteiger partial charge in [-0.2, -0.15) is 5.10 Å². The van der Waals surface area contributed by atoms with E-state index in [1.54, 1.807) is 20.8 Å². The van der Waals surface area contributed by atoms with E-state index in [-0.39, 0.29) is 4.90 Å². The molecule has 114 valence electrons. The Kier molecular flexibility index (Phi) is 4.11. The Balaban J connectivity index is 2.30. The van der Waals surface area contributed by atoms with Crippen LogP contribution in [0.2, 0.25) is 0 Å². The normalized spacial score (nSPS) is 13.4. The van der Waals surface area contributed by atoms with Gasteiger partial charge in [0.1, 0.15) is 4.90 Å². The first kappa shape index (κ1) is 15.6. The fraction of sp³-hybridized carbons (Fsp3) is 0.308. The third-order valence-corrected chi connectivity index (χ3v) is 4.91. The molecule has 8 heteroatoms. The number of aromatic amines is 1. The van der Waals surface area contributed by atoms with Gasteiger partial charge in [0.25, 0.3) is 0 Å². The van der Waals surface area contributed by atoms with E-state index in [2.05, 4.69) is 14.9 Å². The van der Waals surface area contributed by atoms with Crippen LogP contribution in [0.1, 0.15) is 29.9 Å². The summed E-state index contributed by atoms with van der Waals surface area (Å²) in [5.41, 5.74) is 1.09. The van der Waals surface area contributed by atoms with E-state index in [1.165, 1.54) is 6.07 Å². The highest BCUT2D eigenvalue weighted by Gasteiger charge is 2.24. The molecule has 1 aromatic heterocycles. The fourth-order valence-corrected chi connectivity index (χ4v) is 3.68. The molecule has 0 aliphatic carbocycles. The number of hydrogen-bond acceptors (Lipinski definition) is 3. The van der Waals surface area contributed by atoms with Crippen LogP contribution in [0, 0.1) is 25.5 Å². The van der Waals surface area contributed by atoms with Crippen LogP contribution >= 0.6 is 0 Å². The summed E-state index contributed by atoms with van der Waals surface area (Å²) in [4.78, 5) is 0.0666. The summed E-state index contributed by atoms with van der Waals surface area (Å²) in [6.07, 6.45) is 0. The van der Waals surface area contributed by atoms with E-state index in [9.17, 15) is 17.2 Å². The third kappa shape index (κ3) is 3.11. The molecule has 0 amide bonds. The van der Waals surface area contributed by atoms with Crippen molar-refractivity contribution in [3.63, 3.8) is 0 Å².